The third kappa shape index (κ3) is 2.00. The minimum atomic E-state index is -0.0122. The molecule has 0 bridgehead atoms. The standard InChI is InChI=1S/C10H14ClN3O/c1-7-5-9(12-13(7)2)10(15)14-4-3-8(11)6-14/h5,8H,3-4,6H2,1-2H3. The van der Waals surface area contributed by atoms with Crippen LogP contribution in [0.25, 0.3) is 0 Å². The summed E-state index contributed by atoms with van der Waals surface area (Å²) < 4.78 is 1.71. The summed E-state index contributed by atoms with van der Waals surface area (Å²) in [6, 6.07) is 1.81. The first-order valence-electron chi connectivity index (χ1n) is 5.02. The number of carbonyl (C=O) groups excluding carboxylic acids is 1. The molecule has 1 saturated heterocycles. The molecule has 1 fully saturated rings. The number of hydrogen-bond donors (Lipinski definition) is 0. The van der Waals surface area contributed by atoms with Crippen molar-refractivity contribution in [3.05, 3.63) is 17.5 Å². The summed E-state index contributed by atoms with van der Waals surface area (Å²) in [5, 5.41) is 4.26. The van der Waals surface area contributed by atoms with E-state index in [1.54, 1.807) is 9.58 Å². The van der Waals surface area contributed by atoms with E-state index in [2.05, 4.69) is 5.10 Å². The van der Waals surface area contributed by atoms with Crippen molar-refractivity contribution in [1.82, 2.24) is 14.7 Å². The van der Waals surface area contributed by atoms with Crippen molar-refractivity contribution in [2.75, 3.05) is 13.1 Å². The van der Waals surface area contributed by atoms with Crippen molar-refractivity contribution in [3.8, 4) is 0 Å². The summed E-state index contributed by atoms with van der Waals surface area (Å²) in [7, 11) is 1.83. The summed E-state index contributed by atoms with van der Waals surface area (Å²) in [5.74, 6) is -0.0122. The highest BCUT2D eigenvalue weighted by Gasteiger charge is 2.26. The maximum Gasteiger partial charge on any atom is 0.274 e. The first-order valence-corrected chi connectivity index (χ1v) is 5.45. The van der Waals surface area contributed by atoms with Gasteiger partial charge in [0.25, 0.3) is 5.91 Å². The number of alkyl halides is 1. The van der Waals surface area contributed by atoms with Crippen LogP contribution in [0.2, 0.25) is 0 Å². The molecule has 1 aromatic heterocycles. The van der Waals surface area contributed by atoms with Crippen LogP contribution in [0.1, 0.15) is 22.6 Å². The molecule has 0 saturated carbocycles. The van der Waals surface area contributed by atoms with Crippen molar-refractivity contribution < 1.29 is 4.79 Å². The van der Waals surface area contributed by atoms with E-state index in [1.807, 2.05) is 20.0 Å². The van der Waals surface area contributed by atoms with Gasteiger partial charge in [-0.05, 0) is 19.4 Å². The average Bonchev–Trinajstić information content (AvgIpc) is 2.74. The molecule has 0 N–H and O–H groups in total. The Balaban J connectivity index is 2.14. The number of carbonyl (C=O) groups is 1. The van der Waals surface area contributed by atoms with E-state index in [0.29, 0.717) is 12.2 Å². The molecule has 1 aliphatic heterocycles. The minimum absolute atomic E-state index is 0.0122. The first kappa shape index (κ1) is 10.5. The Bertz CT molecular complexity index is 369. The molecule has 1 amide bonds. The highest BCUT2D eigenvalue weighted by molar-refractivity contribution is 6.21. The fourth-order valence-corrected chi connectivity index (χ4v) is 1.99. The lowest BCUT2D eigenvalue weighted by Gasteiger charge is -2.13. The molecule has 0 aliphatic carbocycles. The first-order chi connectivity index (χ1) is 7.08. The van der Waals surface area contributed by atoms with E-state index in [-0.39, 0.29) is 11.3 Å². The molecule has 2 rings (SSSR count). The van der Waals surface area contributed by atoms with Crippen LogP contribution in [0.5, 0.6) is 0 Å². The van der Waals surface area contributed by atoms with Gasteiger partial charge in [-0.15, -0.1) is 11.6 Å². The molecular formula is C10H14ClN3O. The number of nitrogens with zero attached hydrogens (tertiary/aromatic N) is 3. The molecule has 1 unspecified atom stereocenters. The van der Waals surface area contributed by atoms with Crippen molar-refractivity contribution in [3.63, 3.8) is 0 Å². The van der Waals surface area contributed by atoms with Gasteiger partial charge in [-0.2, -0.15) is 5.10 Å². The normalized spacial score (nSPS) is 21.0. The van der Waals surface area contributed by atoms with Gasteiger partial charge in [0.05, 0.1) is 5.38 Å². The zero-order chi connectivity index (χ0) is 11.0. The summed E-state index contributed by atoms with van der Waals surface area (Å²) in [5.41, 5.74) is 1.50. The number of aryl methyl sites for hydroxylation is 2. The fraction of sp³-hybridized carbons (Fsp3) is 0.600. The molecule has 82 valence electrons. The Morgan fingerprint density at radius 2 is 2.40 bits per heavy atom. The van der Waals surface area contributed by atoms with Crippen LogP contribution in [0, 0.1) is 6.92 Å². The van der Waals surface area contributed by atoms with E-state index in [1.165, 1.54) is 0 Å². The SMILES string of the molecule is Cc1cc(C(=O)N2CCC(Cl)C2)nn1C. The third-order valence-electron chi connectivity index (χ3n) is 2.75. The van der Waals surface area contributed by atoms with Crippen LogP contribution in [-0.4, -0.2) is 39.1 Å². The monoisotopic (exact) mass is 227 g/mol. The molecule has 1 atom stereocenters. The van der Waals surface area contributed by atoms with Crippen LogP contribution >= 0.6 is 11.6 Å². The van der Waals surface area contributed by atoms with E-state index in [0.717, 1.165) is 18.7 Å². The smallest absolute Gasteiger partial charge is 0.274 e. The number of rotatable bonds is 1. The van der Waals surface area contributed by atoms with Gasteiger partial charge >= 0.3 is 0 Å². The molecule has 0 spiro atoms. The van der Waals surface area contributed by atoms with Gasteiger partial charge in [0, 0.05) is 25.8 Å². The highest BCUT2D eigenvalue weighted by Crippen LogP contribution is 2.17. The van der Waals surface area contributed by atoms with Crippen molar-refractivity contribution in [1.29, 1.82) is 0 Å². The van der Waals surface area contributed by atoms with E-state index < -0.39 is 0 Å². The topological polar surface area (TPSA) is 38.1 Å². The summed E-state index contributed by atoms with van der Waals surface area (Å²) >= 11 is 5.96. The van der Waals surface area contributed by atoms with Crippen LogP contribution in [0.4, 0.5) is 0 Å². The Kier molecular flexibility index (Phi) is 2.69. The second kappa shape index (κ2) is 3.85. The lowest BCUT2D eigenvalue weighted by molar-refractivity contribution is 0.0786. The molecule has 15 heavy (non-hydrogen) atoms. The van der Waals surface area contributed by atoms with E-state index in [9.17, 15) is 4.79 Å². The van der Waals surface area contributed by atoms with Crippen molar-refractivity contribution >= 4 is 17.5 Å². The van der Waals surface area contributed by atoms with Gasteiger partial charge in [0.15, 0.2) is 5.69 Å². The summed E-state index contributed by atoms with van der Waals surface area (Å²) in [6.07, 6.45) is 0.874. The third-order valence-corrected chi connectivity index (χ3v) is 3.11. The maximum atomic E-state index is 11.9. The zero-order valence-electron chi connectivity index (χ0n) is 8.90. The number of halogens is 1. The number of likely N-dealkylation sites (tertiary alicyclic amines) is 1. The maximum absolute atomic E-state index is 11.9. The quantitative estimate of drug-likeness (QED) is 0.676. The second-order valence-electron chi connectivity index (χ2n) is 3.93. The summed E-state index contributed by atoms with van der Waals surface area (Å²) in [6.45, 7) is 3.30. The van der Waals surface area contributed by atoms with Gasteiger partial charge in [0.1, 0.15) is 0 Å². The largest absolute Gasteiger partial charge is 0.336 e. The van der Waals surface area contributed by atoms with Gasteiger partial charge < -0.3 is 4.90 Å². The summed E-state index contributed by atoms with van der Waals surface area (Å²) in [4.78, 5) is 13.7. The van der Waals surface area contributed by atoms with Gasteiger partial charge in [-0.3, -0.25) is 9.48 Å². The number of amides is 1. The Hall–Kier alpha value is -1.03. The number of aromatic nitrogens is 2. The predicted octanol–water partition coefficient (Wildman–Crippen LogP) is 1.18. The molecule has 0 aromatic carbocycles. The molecule has 0 radical (unpaired) electrons. The predicted molar refractivity (Wildman–Crippen MR) is 58.1 cm³/mol. The molecule has 5 heteroatoms. The minimum Gasteiger partial charge on any atom is -0.336 e. The molecular weight excluding hydrogens is 214 g/mol. The van der Waals surface area contributed by atoms with Crippen molar-refractivity contribution in [2.45, 2.75) is 18.7 Å². The Morgan fingerprint density at radius 3 is 2.87 bits per heavy atom. The Morgan fingerprint density at radius 1 is 1.67 bits per heavy atom. The lowest BCUT2D eigenvalue weighted by atomic mass is 10.3. The van der Waals surface area contributed by atoms with Gasteiger partial charge in [0.2, 0.25) is 0 Å². The van der Waals surface area contributed by atoms with E-state index >= 15 is 0 Å². The molecule has 4 nitrogen and oxygen atoms in total. The highest BCUT2D eigenvalue weighted by atomic mass is 35.5. The average molecular weight is 228 g/mol. The second-order valence-corrected chi connectivity index (χ2v) is 4.55. The van der Waals surface area contributed by atoms with Crippen molar-refractivity contribution in [2.24, 2.45) is 7.05 Å². The van der Waals surface area contributed by atoms with Gasteiger partial charge in [-0.1, -0.05) is 0 Å². The van der Waals surface area contributed by atoms with E-state index in [4.69, 9.17) is 11.6 Å². The lowest BCUT2D eigenvalue weighted by Crippen LogP contribution is -2.29. The fourth-order valence-electron chi connectivity index (χ4n) is 1.73. The molecule has 2 heterocycles. The van der Waals surface area contributed by atoms with Crippen LogP contribution in [0.3, 0.4) is 0 Å². The van der Waals surface area contributed by atoms with Gasteiger partial charge in [-0.25, -0.2) is 0 Å². The van der Waals surface area contributed by atoms with Crippen LogP contribution < -0.4 is 0 Å². The van der Waals surface area contributed by atoms with Crippen LogP contribution in [-0.2, 0) is 7.05 Å². The van der Waals surface area contributed by atoms with Crippen LogP contribution in [0.15, 0.2) is 6.07 Å². The zero-order valence-corrected chi connectivity index (χ0v) is 9.66. The Labute approximate surface area is 93.8 Å². The molecule has 1 aromatic rings. The molecule has 1 aliphatic rings. The number of hydrogen-bond acceptors (Lipinski definition) is 2.